The number of amides is 2. The number of carbonyl (C=O) groups excluding carboxylic acids is 1. The maximum atomic E-state index is 11.5. The molecule has 0 saturated carbocycles. The highest BCUT2D eigenvalue weighted by Crippen LogP contribution is 2.02. The molecule has 0 radical (unpaired) electrons. The van der Waals surface area contributed by atoms with Crippen LogP contribution in [0.4, 0.5) is 4.79 Å². The van der Waals surface area contributed by atoms with Gasteiger partial charge in [-0.15, -0.1) is 0 Å². The van der Waals surface area contributed by atoms with Crippen LogP contribution in [0.5, 0.6) is 0 Å². The van der Waals surface area contributed by atoms with Gasteiger partial charge in [-0.1, -0.05) is 13.8 Å². The minimum Gasteiger partial charge on any atom is -0.380 e. The van der Waals surface area contributed by atoms with Gasteiger partial charge in [0.25, 0.3) is 0 Å². The van der Waals surface area contributed by atoms with Crippen LogP contribution < -0.4 is 10.6 Å². The van der Waals surface area contributed by atoms with E-state index in [1.165, 1.54) is 0 Å². The maximum absolute atomic E-state index is 11.5. The summed E-state index contributed by atoms with van der Waals surface area (Å²) in [6.07, 6.45) is 0. The molecule has 0 aliphatic rings. The van der Waals surface area contributed by atoms with E-state index in [1.54, 1.807) is 0 Å². The van der Waals surface area contributed by atoms with Crippen molar-refractivity contribution in [3.8, 4) is 0 Å². The number of nitrogens with one attached hydrogen (secondary N) is 2. The number of rotatable bonds is 6. The Bertz CT molecular complexity index is 181. The topological polar surface area (TPSA) is 50.4 Å². The predicted molar refractivity (Wildman–Crippen MR) is 61.9 cm³/mol. The molecule has 15 heavy (non-hydrogen) atoms. The SMILES string of the molecule is CCOCC(NC(=O)NC(C)C)C(C)C. The first-order valence-electron chi connectivity index (χ1n) is 5.62. The summed E-state index contributed by atoms with van der Waals surface area (Å²) < 4.78 is 5.32. The molecule has 0 saturated heterocycles. The number of hydrogen-bond donors (Lipinski definition) is 2. The smallest absolute Gasteiger partial charge is 0.315 e. The molecule has 0 spiro atoms. The van der Waals surface area contributed by atoms with E-state index in [0.717, 1.165) is 0 Å². The van der Waals surface area contributed by atoms with Gasteiger partial charge >= 0.3 is 6.03 Å². The Morgan fingerprint density at radius 3 is 2.20 bits per heavy atom. The fourth-order valence-electron chi connectivity index (χ4n) is 1.12. The summed E-state index contributed by atoms with van der Waals surface area (Å²) >= 11 is 0. The third-order valence-corrected chi connectivity index (χ3v) is 2.04. The highest BCUT2D eigenvalue weighted by molar-refractivity contribution is 5.74. The monoisotopic (exact) mass is 216 g/mol. The van der Waals surface area contributed by atoms with Crippen molar-refractivity contribution in [2.24, 2.45) is 5.92 Å². The van der Waals surface area contributed by atoms with Gasteiger partial charge in [-0.2, -0.15) is 0 Å². The van der Waals surface area contributed by atoms with E-state index in [4.69, 9.17) is 4.74 Å². The molecule has 0 aromatic heterocycles. The molecule has 4 nitrogen and oxygen atoms in total. The Hall–Kier alpha value is -0.770. The Kier molecular flexibility index (Phi) is 7.13. The van der Waals surface area contributed by atoms with Crippen molar-refractivity contribution in [1.29, 1.82) is 0 Å². The molecule has 90 valence electrons. The highest BCUT2D eigenvalue weighted by atomic mass is 16.5. The lowest BCUT2D eigenvalue weighted by atomic mass is 10.1. The predicted octanol–water partition coefficient (Wildman–Crippen LogP) is 1.76. The lowest BCUT2D eigenvalue weighted by Gasteiger charge is -2.23. The lowest BCUT2D eigenvalue weighted by Crippen LogP contribution is -2.48. The summed E-state index contributed by atoms with van der Waals surface area (Å²) in [5.74, 6) is 0.370. The number of hydrogen-bond acceptors (Lipinski definition) is 2. The minimum absolute atomic E-state index is 0.0729. The molecule has 0 aromatic carbocycles. The van der Waals surface area contributed by atoms with Crippen LogP contribution in [0.15, 0.2) is 0 Å². The van der Waals surface area contributed by atoms with E-state index in [9.17, 15) is 4.79 Å². The van der Waals surface area contributed by atoms with Gasteiger partial charge in [0, 0.05) is 12.6 Å². The standard InChI is InChI=1S/C11H24N2O2/c1-6-15-7-10(8(2)3)13-11(14)12-9(4)5/h8-10H,6-7H2,1-5H3,(H2,12,13,14). The van der Waals surface area contributed by atoms with Crippen LogP contribution in [-0.4, -0.2) is 31.3 Å². The molecule has 0 fully saturated rings. The van der Waals surface area contributed by atoms with Crippen molar-refractivity contribution in [1.82, 2.24) is 10.6 Å². The third kappa shape index (κ3) is 7.19. The van der Waals surface area contributed by atoms with E-state index in [-0.39, 0.29) is 18.1 Å². The molecule has 2 amide bonds. The fourth-order valence-corrected chi connectivity index (χ4v) is 1.12. The van der Waals surface area contributed by atoms with Crippen molar-refractivity contribution < 1.29 is 9.53 Å². The number of ether oxygens (including phenoxy) is 1. The zero-order valence-electron chi connectivity index (χ0n) is 10.5. The molecule has 2 N–H and O–H groups in total. The average Bonchev–Trinajstić information content (AvgIpc) is 2.10. The first-order valence-corrected chi connectivity index (χ1v) is 5.62. The van der Waals surface area contributed by atoms with Gasteiger partial charge in [0.2, 0.25) is 0 Å². The molecular formula is C11H24N2O2. The van der Waals surface area contributed by atoms with Gasteiger partial charge in [0.15, 0.2) is 0 Å². The third-order valence-electron chi connectivity index (χ3n) is 2.04. The molecule has 0 aliphatic carbocycles. The van der Waals surface area contributed by atoms with Gasteiger partial charge in [0.1, 0.15) is 0 Å². The van der Waals surface area contributed by atoms with Crippen LogP contribution in [0.25, 0.3) is 0 Å². The first kappa shape index (κ1) is 14.2. The fraction of sp³-hybridized carbons (Fsp3) is 0.909. The summed E-state index contributed by atoms with van der Waals surface area (Å²) in [5, 5.41) is 5.71. The van der Waals surface area contributed by atoms with Crippen LogP contribution in [0.2, 0.25) is 0 Å². The van der Waals surface area contributed by atoms with Gasteiger partial charge in [-0.3, -0.25) is 0 Å². The zero-order valence-corrected chi connectivity index (χ0v) is 10.5. The van der Waals surface area contributed by atoms with Crippen molar-refractivity contribution in [2.75, 3.05) is 13.2 Å². The lowest BCUT2D eigenvalue weighted by molar-refractivity contribution is 0.110. The van der Waals surface area contributed by atoms with Crippen molar-refractivity contribution in [3.63, 3.8) is 0 Å². The summed E-state index contributed by atoms with van der Waals surface area (Å²) in [6.45, 7) is 11.2. The van der Waals surface area contributed by atoms with Gasteiger partial charge in [-0.25, -0.2) is 4.79 Å². The van der Waals surface area contributed by atoms with Crippen LogP contribution in [0, 0.1) is 5.92 Å². The van der Waals surface area contributed by atoms with E-state index in [2.05, 4.69) is 24.5 Å². The van der Waals surface area contributed by atoms with Crippen molar-refractivity contribution in [3.05, 3.63) is 0 Å². The van der Waals surface area contributed by atoms with Crippen LogP contribution in [0.3, 0.4) is 0 Å². The molecule has 0 heterocycles. The second kappa shape index (κ2) is 7.51. The Balaban J connectivity index is 3.98. The van der Waals surface area contributed by atoms with Crippen LogP contribution in [0.1, 0.15) is 34.6 Å². The molecule has 0 aromatic rings. The number of carbonyl (C=O) groups is 1. The zero-order chi connectivity index (χ0) is 11.8. The second-order valence-electron chi connectivity index (χ2n) is 4.28. The largest absolute Gasteiger partial charge is 0.380 e. The molecular weight excluding hydrogens is 192 g/mol. The van der Waals surface area contributed by atoms with Crippen LogP contribution >= 0.6 is 0 Å². The normalized spacial score (nSPS) is 13.0. The van der Waals surface area contributed by atoms with Gasteiger partial charge < -0.3 is 15.4 Å². The average molecular weight is 216 g/mol. The van der Waals surface area contributed by atoms with E-state index in [1.807, 2.05) is 20.8 Å². The minimum atomic E-state index is -0.122. The van der Waals surface area contributed by atoms with E-state index < -0.39 is 0 Å². The molecule has 1 atom stereocenters. The Morgan fingerprint density at radius 1 is 1.20 bits per heavy atom. The quantitative estimate of drug-likeness (QED) is 0.710. The van der Waals surface area contributed by atoms with Gasteiger partial charge in [0.05, 0.1) is 12.6 Å². The van der Waals surface area contributed by atoms with Gasteiger partial charge in [-0.05, 0) is 26.7 Å². The van der Waals surface area contributed by atoms with Crippen LogP contribution in [-0.2, 0) is 4.74 Å². The maximum Gasteiger partial charge on any atom is 0.315 e. The summed E-state index contributed by atoms with van der Waals surface area (Å²) in [5.41, 5.74) is 0. The number of urea groups is 1. The summed E-state index contributed by atoms with van der Waals surface area (Å²) in [7, 11) is 0. The first-order chi connectivity index (χ1) is 6.97. The molecule has 0 bridgehead atoms. The Morgan fingerprint density at radius 2 is 1.80 bits per heavy atom. The second-order valence-corrected chi connectivity index (χ2v) is 4.28. The summed E-state index contributed by atoms with van der Waals surface area (Å²) in [4.78, 5) is 11.5. The Labute approximate surface area is 92.8 Å². The molecule has 4 heteroatoms. The summed E-state index contributed by atoms with van der Waals surface area (Å²) in [6, 6.07) is 0.108. The van der Waals surface area contributed by atoms with Crippen molar-refractivity contribution in [2.45, 2.75) is 46.7 Å². The van der Waals surface area contributed by atoms with E-state index >= 15 is 0 Å². The van der Waals surface area contributed by atoms with E-state index in [0.29, 0.717) is 19.1 Å². The highest BCUT2D eigenvalue weighted by Gasteiger charge is 2.16. The molecule has 0 aliphatic heterocycles. The molecule has 0 rings (SSSR count). The van der Waals surface area contributed by atoms with Crippen molar-refractivity contribution >= 4 is 6.03 Å². The molecule has 1 unspecified atom stereocenters.